The molecule has 0 bridgehead atoms. The summed E-state index contributed by atoms with van der Waals surface area (Å²) in [6, 6.07) is 5.34. The average molecular weight is 439 g/mol. The molecule has 0 spiro atoms. The van der Waals surface area contributed by atoms with Crippen molar-refractivity contribution >= 4 is 11.8 Å². The highest BCUT2D eigenvalue weighted by atomic mass is 19.4. The molecule has 1 fully saturated rings. The standard InChI is InChI=1S/C20H24F3N5O3/c1-11-7-8-24-15(9-11)18(30)26-12(2)17(29)25-10-13-3-5-14(6-4-13)16-27-19(31-28-16)20(21,22)23/h3-6,11-12,15,24H,7-10H2,1-2H3,(H,25,29)(H,26,30)/t11-,12-,15+/m0/s1. The Kier molecular flexibility index (Phi) is 6.94. The molecule has 2 amide bonds. The van der Waals surface area contributed by atoms with E-state index in [0.717, 1.165) is 24.9 Å². The van der Waals surface area contributed by atoms with Crippen molar-refractivity contribution in [2.45, 2.75) is 51.5 Å². The molecule has 1 aromatic carbocycles. The van der Waals surface area contributed by atoms with Crippen LogP contribution in [-0.2, 0) is 22.3 Å². The van der Waals surface area contributed by atoms with Crippen LogP contribution in [0.1, 0.15) is 38.1 Å². The molecular weight excluding hydrogens is 415 g/mol. The van der Waals surface area contributed by atoms with Gasteiger partial charge < -0.3 is 20.5 Å². The number of rotatable bonds is 6. The molecule has 0 aliphatic carbocycles. The monoisotopic (exact) mass is 439 g/mol. The molecule has 0 unspecified atom stereocenters. The summed E-state index contributed by atoms with van der Waals surface area (Å²) in [5.74, 6) is -1.67. The lowest BCUT2D eigenvalue weighted by Crippen LogP contribution is -2.53. The maximum absolute atomic E-state index is 12.6. The Morgan fingerprint density at radius 2 is 2.00 bits per heavy atom. The summed E-state index contributed by atoms with van der Waals surface area (Å²) in [5.41, 5.74) is 1.07. The maximum atomic E-state index is 12.6. The van der Waals surface area contributed by atoms with E-state index in [1.54, 1.807) is 19.1 Å². The Morgan fingerprint density at radius 3 is 2.61 bits per heavy atom. The number of amides is 2. The van der Waals surface area contributed by atoms with Crippen LogP contribution in [0.15, 0.2) is 28.8 Å². The van der Waals surface area contributed by atoms with Gasteiger partial charge >= 0.3 is 12.1 Å². The van der Waals surface area contributed by atoms with E-state index < -0.39 is 18.1 Å². The van der Waals surface area contributed by atoms with Gasteiger partial charge in [0.05, 0.1) is 6.04 Å². The van der Waals surface area contributed by atoms with Crippen LogP contribution in [0.2, 0.25) is 0 Å². The van der Waals surface area contributed by atoms with E-state index in [1.807, 2.05) is 0 Å². The molecule has 2 aromatic rings. The van der Waals surface area contributed by atoms with Gasteiger partial charge in [0, 0.05) is 12.1 Å². The number of alkyl halides is 3. The zero-order valence-corrected chi connectivity index (χ0v) is 17.1. The third-order valence-electron chi connectivity index (χ3n) is 5.08. The van der Waals surface area contributed by atoms with Crippen molar-refractivity contribution in [2.24, 2.45) is 5.92 Å². The van der Waals surface area contributed by atoms with Gasteiger partial charge in [-0.15, -0.1) is 0 Å². The zero-order valence-electron chi connectivity index (χ0n) is 17.1. The maximum Gasteiger partial charge on any atom is 0.471 e. The molecule has 2 heterocycles. The third-order valence-corrected chi connectivity index (χ3v) is 5.08. The van der Waals surface area contributed by atoms with E-state index in [1.165, 1.54) is 12.1 Å². The number of nitrogens with zero attached hydrogens (tertiary/aromatic N) is 2. The van der Waals surface area contributed by atoms with Crippen molar-refractivity contribution in [2.75, 3.05) is 6.54 Å². The lowest BCUT2D eigenvalue weighted by molar-refractivity contribution is -0.159. The van der Waals surface area contributed by atoms with Gasteiger partial charge in [-0.2, -0.15) is 18.2 Å². The topological polar surface area (TPSA) is 109 Å². The van der Waals surface area contributed by atoms with E-state index in [0.29, 0.717) is 11.5 Å². The van der Waals surface area contributed by atoms with Crippen molar-refractivity contribution in [3.05, 3.63) is 35.7 Å². The van der Waals surface area contributed by atoms with Crippen molar-refractivity contribution in [3.63, 3.8) is 0 Å². The Balaban J connectivity index is 1.49. The fourth-order valence-electron chi connectivity index (χ4n) is 3.26. The summed E-state index contributed by atoms with van der Waals surface area (Å²) in [7, 11) is 0. The number of halogens is 3. The molecule has 3 N–H and O–H groups in total. The highest BCUT2D eigenvalue weighted by Gasteiger charge is 2.38. The molecule has 0 saturated carbocycles. The number of piperidine rings is 1. The molecule has 1 aromatic heterocycles. The van der Waals surface area contributed by atoms with Gasteiger partial charge in [-0.05, 0) is 37.8 Å². The second-order valence-electron chi connectivity index (χ2n) is 7.70. The van der Waals surface area contributed by atoms with Crippen LogP contribution in [0.4, 0.5) is 13.2 Å². The molecule has 3 rings (SSSR count). The number of nitrogens with one attached hydrogen (secondary N) is 3. The molecule has 8 nitrogen and oxygen atoms in total. The van der Waals surface area contributed by atoms with Gasteiger partial charge in [-0.3, -0.25) is 9.59 Å². The van der Waals surface area contributed by atoms with E-state index >= 15 is 0 Å². The number of hydrogen-bond acceptors (Lipinski definition) is 6. The fraction of sp³-hybridized carbons (Fsp3) is 0.500. The fourth-order valence-corrected chi connectivity index (χ4v) is 3.26. The predicted molar refractivity (Wildman–Crippen MR) is 104 cm³/mol. The van der Waals surface area contributed by atoms with Crippen LogP contribution in [0.25, 0.3) is 11.4 Å². The van der Waals surface area contributed by atoms with Crippen molar-refractivity contribution in [1.29, 1.82) is 0 Å². The average Bonchev–Trinajstić information content (AvgIpc) is 3.23. The van der Waals surface area contributed by atoms with Gasteiger partial charge in [-0.1, -0.05) is 36.3 Å². The molecule has 168 valence electrons. The minimum absolute atomic E-state index is 0.176. The third kappa shape index (κ3) is 6.03. The van der Waals surface area contributed by atoms with Crippen LogP contribution in [0.5, 0.6) is 0 Å². The van der Waals surface area contributed by atoms with Crippen LogP contribution < -0.4 is 16.0 Å². The first-order valence-corrected chi connectivity index (χ1v) is 9.95. The van der Waals surface area contributed by atoms with Crippen molar-refractivity contribution in [3.8, 4) is 11.4 Å². The summed E-state index contributed by atoms with van der Waals surface area (Å²) in [6.45, 7) is 4.67. The largest absolute Gasteiger partial charge is 0.471 e. The molecule has 31 heavy (non-hydrogen) atoms. The second-order valence-corrected chi connectivity index (χ2v) is 7.70. The quantitative estimate of drug-likeness (QED) is 0.637. The predicted octanol–water partition coefficient (Wildman–Crippen LogP) is 2.26. The number of carbonyl (C=O) groups excluding carboxylic acids is 2. The first-order chi connectivity index (χ1) is 14.6. The van der Waals surface area contributed by atoms with Crippen molar-refractivity contribution in [1.82, 2.24) is 26.1 Å². The number of benzene rings is 1. The number of carbonyl (C=O) groups is 2. The number of aromatic nitrogens is 2. The van der Waals surface area contributed by atoms with E-state index in [9.17, 15) is 22.8 Å². The Morgan fingerprint density at radius 1 is 1.29 bits per heavy atom. The lowest BCUT2D eigenvalue weighted by Gasteiger charge is -2.28. The lowest BCUT2D eigenvalue weighted by atomic mass is 9.94. The Hall–Kier alpha value is -2.95. The molecular formula is C20H24F3N5O3. The summed E-state index contributed by atoms with van der Waals surface area (Å²) < 4.78 is 41.9. The Bertz CT molecular complexity index is 914. The van der Waals surface area contributed by atoms with Gasteiger partial charge in [0.25, 0.3) is 0 Å². The highest BCUT2D eigenvalue weighted by Crippen LogP contribution is 2.29. The number of hydrogen-bond donors (Lipinski definition) is 3. The van der Waals surface area contributed by atoms with Gasteiger partial charge in [0.1, 0.15) is 6.04 Å². The Labute approximate surface area is 177 Å². The van der Waals surface area contributed by atoms with Crippen LogP contribution in [0.3, 0.4) is 0 Å². The van der Waals surface area contributed by atoms with Crippen molar-refractivity contribution < 1.29 is 27.3 Å². The first-order valence-electron chi connectivity index (χ1n) is 9.95. The van der Waals surface area contributed by atoms with Gasteiger partial charge in [-0.25, -0.2) is 0 Å². The normalized spacial score (nSPS) is 20.2. The summed E-state index contributed by atoms with van der Waals surface area (Å²) in [4.78, 5) is 28.0. The van der Waals surface area contributed by atoms with E-state index in [-0.39, 0.29) is 30.2 Å². The van der Waals surface area contributed by atoms with Gasteiger partial charge in [0.2, 0.25) is 17.6 Å². The van der Waals surface area contributed by atoms with E-state index in [4.69, 9.17) is 0 Å². The molecule has 1 aliphatic rings. The van der Waals surface area contributed by atoms with Gasteiger partial charge in [0.15, 0.2) is 0 Å². The molecule has 1 saturated heterocycles. The SMILES string of the molecule is C[C@H]1CCN[C@@H](C(=O)N[C@@H](C)C(=O)NCc2ccc(-c3noc(C(F)(F)F)n3)cc2)C1. The van der Waals surface area contributed by atoms with Crippen LogP contribution >= 0.6 is 0 Å². The zero-order chi connectivity index (χ0) is 22.6. The molecule has 0 radical (unpaired) electrons. The molecule has 3 atom stereocenters. The van der Waals surface area contributed by atoms with E-state index in [2.05, 4.69) is 37.5 Å². The minimum Gasteiger partial charge on any atom is -0.350 e. The summed E-state index contributed by atoms with van der Waals surface area (Å²) in [6.07, 6.45) is -2.95. The second kappa shape index (κ2) is 9.46. The highest BCUT2D eigenvalue weighted by molar-refractivity contribution is 5.89. The molecule has 1 aliphatic heterocycles. The smallest absolute Gasteiger partial charge is 0.350 e. The van der Waals surface area contributed by atoms with Crippen LogP contribution in [-0.4, -0.2) is 40.6 Å². The summed E-state index contributed by atoms with van der Waals surface area (Å²) in [5, 5.41) is 11.9. The summed E-state index contributed by atoms with van der Waals surface area (Å²) >= 11 is 0. The first kappa shape index (κ1) is 22.7. The molecule has 11 heteroatoms. The minimum atomic E-state index is -4.70. The van der Waals surface area contributed by atoms with Crippen LogP contribution in [0, 0.1) is 5.92 Å².